The Hall–Kier alpha value is -4.69. The molecule has 0 saturated carbocycles. The van der Waals surface area contributed by atoms with E-state index in [1.807, 2.05) is 30.3 Å². The summed E-state index contributed by atoms with van der Waals surface area (Å²) >= 11 is 0. The molecule has 0 spiro atoms. The largest absolute Gasteiger partial charge is 0.502 e. The van der Waals surface area contributed by atoms with Gasteiger partial charge in [0.2, 0.25) is 5.75 Å². The Bertz CT molecular complexity index is 1950. The number of hydrogen-bond acceptors (Lipinski definition) is 7. The number of benzene rings is 4. The van der Waals surface area contributed by atoms with Gasteiger partial charge >= 0.3 is 5.69 Å². The smallest absolute Gasteiger partial charge is 0.311 e. The fourth-order valence-corrected chi connectivity index (χ4v) is 7.54. The van der Waals surface area contributed by atoms with Gasteiger partial charge in [0.15, 0.2) is 0 Å². The molecule has 1 unspecified atom stereocenters. The Morgan fingerprint density at radius 1 is 0.667 bits per heavy atom. The molecule has 0 aliphatic carbocycles. The summed E-state index contributed by atoms with van der Waals surface area (Å²) in [5, 5.41) is 37.4. The summed E-state index contributed by atoms with van der Waals surface area (Å²) in [7, 11) is 0. The van der Waals surface area contributed by atoms with Crippen molar-refractivity contribution in [1.82, 2.24) is 0 Å². The van der Waals surface area contributed by atoms with Crippen LogP contribution < -0.4 is 9.47 Å². The van der Waals surface area contributed by atoms with Crippen LogP contribution >= 0.6 is 0 Å². The zero-order valence-electron chi connectivity index (χ0n) is 39.0. The average molecular weight is 821 g/mol. The van der Waals surface area contributed by atoms with Crippen LogP contribution in [0.2, 0.25) is 0 Å². The monoisotopic (exact) mass is 821 g/mol. The molecule has 0 aromatic heterocycles. The Balaban J connectivity index is 2.28. The molecule has 4 aromatic rings. The number of para-hydroxylation sites is 1. The third-order valence-electron chi connectivity index (χ3n) is 11.2. The summed E-state index contributed by atoms with van der Waals surface area (Å²) in [6.45, 7) is 31.5. The lowest BCUT2D eigenvalue weighted by atomic mass is 9.70. The Morgan fingerprint density at radius 3 is 1.45 bits per heavy atom. The Kier molecular flexibility index (Phi) is 15.1. The number of phenolic OH excluding ortho intramolecular Hbond substituents is 1. The second-order valence-electron chi connectivity index (χ2n) is 20.4. The fraction of sp³-hybridized carbons (Fsp3) is 0.519. The van der Waals surface area contributed by atoms with E-state index in [2.05, 4.69) is 121 Å². The minimum Gasteiger partial charge on any atom is -0.502 e. The summed E-state index contributed by atoms with van der Waals surface area (Å²) in [5.41, 5.74) is 2.61. The van der Waals surface area contributed by atoms with E-state index in [0.717, 1.165) is 65.0 Å². The van der Waals surface area contributed by atoms with E-state index < -0.39 is 28.0 Å². The van der Waals surface area contributed by atoms with Gasteiger partial charge in [0.05, 0.1) is 24.2 Å². The zero-order valence-corrected chi connectivity index (χ0v) is 39.0. The molecule has 0 saturated heterocycles. The van der Waals surface area contributed by atoms with Crippen molar-refractivity contribution in [3.63, 3.8) is 0 Å². The molecule has 4 rings (SSSR count). The Morgan fingerprint density at radius 2 is 1.08 bits per heavy atom. The van der Waals surface area contributed by atoms with Crippen LogP contribution in [0.15, 0.2) is 77.8 Å². The highest BCUT2D eigenvalue weighted by atomic mass is 16.6. The normalized spacial score (nSPS) is 13.4. The molecule has 326 valence electrons. The lowest BCUT2D eigenvalue weighted by molar-refractivity contribution is -0.385. The van der Waals surface area contributed by atoms with E-state index in [4.69, 9.17) is 14.5 Å². The molecule has 1 atom stereocenters. The summed E-state index contributed by atoms with van der Waals surface area (Å²) in [5.74, 6) is 1.19. The minimum absolute atomic E-state index is 0.181. The van der Waals surface area contributed by atoms with Crippen molar-refractivity contribution in [2.24, 2.45) is 4.99 Å². The highest BCUT2D eigenvalue weighted by Crippen LogP contribution is 2.49. The maximum absolute atomic E-state index is 14.4. The molecule has 0 heterocycles. The van der Waals surface area contributed by atoms with Crippen molar-refractivity contribution in [2.45, 2.75) is 162 Å². The molecule has 8 heteroatoms. The third-order valence-corrected chi connectivity index (χ3v) is 11.2. The number of aliphatic imine (C=N–C) groups is 1. The molecule has 0 aliphatic rings. The van der Waals surface area contributed by atoms with Gasteiger partial charge in [-0.1, -0.05) is 146 Å². The second kappa shape index (κ2) is 18.9. The summed E-state index contributed by atoms with van der Waals surface area (Å²) in [4.78, 5) is 16.5. The topological polar surface area (TPSA) is 114 Å². The molecule has 0 radical (unpaired) electrons. The number of aliphatic hydroxyl groups is 1. The van der Waals surface area contributed by atoms with Crippen LogP contribution in [0.1, 0.15) is 167 Å². The van der Waals surface area contributed by atoms with Gasteiger partial charge in [0.1, 0.15) is 17.1 Å². The molecule has 60 heavy (non-hydrogen) atoms. The molecular formula is C52H72N2O6. The van der Waals surface area contributed by atoms with Crippen LogP contribution in [0.25, 0.3) is 0 Å². The second-order valence-corrected chi connectivity index (χ2v) is 20.4. The first-order chi connectivity index (χ1) is 27.8. The van der Waals surface area contributed by atoms with Gasteiger partial charge in [-0.15, -0.1) is 0 Å². The molecule has 0 fully saturated rings. The van der Waals surface area contributed by atoms with E-state index in [-0.39, 0.29) is 27.2 Å². The first kappa shape index (κ1) is 48.0. The van der Waals surface area contributed by atoms with Crippen molar-refractivity contribution >= 4 is 11.9 Å². The summed E-state index contributed by atoms with van der Waals surface area (Å²) in [6, 6.07) is 21.9. The van der Waals surface area contributed by atoms with Gasteiger partial charge in [0.25, 0.3) is 0 Å². The fourth-order valence-electron chi connectivity index (χ4n) is 7.54. The van der Waals surface area contributed by atoms with Gasteiger partial charge in [-0.25, -0.2) is 0 Å². The predicted molar refractivity (Wildman–Crippen MR) is 248 cm³/mol. The van der Waals surface area contributed by atoms with E-state index in [1.54, 1.807) is 6.07 Å². The first-order valence-electron chi connectivity index (χ1n) is 21.8. The predicted octanol–water partition coefficient (Wildman–Crippen LogP) is 12.8. The number of ether oxygens (including phenoxy) is 2. The number of phenols is 1. The average Bonchev–Trinajstić information content (AvgIpc) is 3.15. The quantitative estimate of drug-likeness (QED) is 0.0503. The number of aromatic hydroxyl groups is 1. The van der Waals surface area contributed by atoms with Crippen LogP contribution in [0.4, 0.5) is 5.69 Å². The van der Waals surface area contributed by atoms with Crippen molar-refractivity contribution in [3.8, 4) is 17.2 Å². The van der Waals surface area contributed by atoms with Crippen LogP contribution in [0.5, 0.6) is 17.2 Å². The SMILES string of the molecule is CCCCOc1c(C(C)(C)C)cc(C(O)(c2cc(C(C)(C)C)c(OCCCC)c(C(C)(C)C)c2)C(Cc2ccccc2)N=Cc2cccc([N+](=O)[O-])c2O)cc1C(C)(C)C. The van der Waals surface area contributed by atoms with Crippen LogP contribution in [-0.4, -0.2) is 40.6 Å². The molecule has 0 bridgehead atoms. The molecule has 8 nitrogen and oxygen atoms in total. The van der Waals surface area contributed by atoms with Crippen molar-refractivity contribution in [3.05, 3.63) is 127 Å². The van der Waals surface area contributed by atoms with E-state index >= 15 is 0 Å². The maximum Gasteiger partial charge on any atom is 0.311 e. The van der Waals surface area contributed by atoms with E-state index in [0.29, 0.717) is 30.8 Å². The molecular weight excluding hydrogens is 749 g/mol. The lowest BCUT2D eigenvalue weighted by Crippen LogP contribution is -2.42. The van der Waals surface area contributed by atoms with Gasteiger partial charge in [-0.3, -0.25) is 15.1 Å². The van der Waals surface area contributed by atoms with Gasteiger partial charge < -0.3 is 19.7 Å². The van der Waals surface area contributed by atoms with Crippen molar-refractivity contribution in [2.75, 3.05) is 13.2 Å². The molecule has 0 aliphatic heterocycles. The third kappa shape index (κ3) is 11.2. The van der Waals surface area contributed by atoms with Crippen LogP contribution in [-0.2, 0) is 33.7 Å². The number of nitro benzene ring substituents is 1. The van der Waals surface area contributed by atoms with Crippen LogP contribution in [0, 0.1) is 10.1 Å². The number of unbranched alkanes of at least 4 members (excludes halogenated alkanes) is 2. The molecule has 0 amide bonds. The van der Waals surface area contributed by atoms with E-state index in [1.165, 1.54) is 18.3 Å². The maximum atomic E-state index is 14.4. The van der Waals surface area contributed by atoms with Gasteiger partial charge in [-0.2, -0.15) is 0 Å². The number of nitro groups is 1. The Labute approximate surface area is 360 Å². The zero-order chi connectivity index (χ0) is 44.8. The first-order valence-corrected chi connectivity index (χ1v) is 21.8. The number of nitrogens with zero attached hydrogens (tertiary/aromatic N) is 2. The summed E-state index contributed by atoms with van der Waals surface area (Å²) < 4.78 is 13.4. The minimum atomic E-state index is -1.80. The molecule has 2 N–H and O–H groups in total. The van der Waals surface area contributed by atoms with Gasteiger partial charge in [-0.05, 0) is 87.9 Å². The van der Waals surface area contributed by atoms with Crippen molar-refractivity contribution < 1.29 is 24.6 Å². The highest BCUT2D eigenvalue weighted by molar-refractivity contribution is 5.86. The summed E-state index contributed by atoms with van der Waals surface area (Å²) in [6.07, 6.45) is 5.59. The standard InChI is InChI=1S/C52H72N2O6/c1-15-17-27-59-46-39(48(3,4)5)30-37(31-40(46)49(6,7)8)52(56,38-32-41(50(9,10)11)47(60-28-18-16-2)42(33-38)51(12,13)14)44(29-35-23-20-19-21-24-35)53-34-36-25-22-26-43(45(36)55)54(57)58/h19-26,30-34,44,55-56H,15-18,27-29H2,1-14H3. The number of hydrogen-bond donors (Lipinski definition) is 2. The van der Waals surface area contributed by atoms with E-state index in [9.17, 15) is 20.3 Å². The van der Waals surface area contributed by atoms with Crippen molar-refractivity contribution in [1.29, 1.82) is 0 Å². The number of rotatable bonds is 16. The molecule has 4 aromatic carbocycles. The van der Waals surface area contributed by atoms with Gasteiger partial charge in [0, 0.05) is 40.1 Å². The van der Waals surface area contributed by atoms with Crippen LogP contribution in [0.3, 0.4) is 0 Å². The highest BCUT2D eigenvalue weighted by Gasteiger charge is 2.45. The lowest BCUT2D eigenvalue weighted by Gasteiger charge is -2.40.